The summed E-state index contributed by atoms with van der Waals surface area (Å²) in [4.78, 5) is 17.9. The minimum atomic E-state index is -0.530. The Hall–Kier alpha value is -3.43. The van der Waals surface area contributed by atoms with E-state index in [0.29, 0.717) is 18.1 Å². The number of rotatable bonds is 8. The van der Waals surface area contributed by atoms with Gasteiger partial charge in [-0.15, -0.1) is 0 Å². The molecule has 3 aromatic rings. The van der Waals surface area contributed by atoms with E-state index in [4.69, 9.17) is 19.9 Å². The molecule has 1 fully saturated rings. The van der Waals surface area contributed by atoms with E-state index < -0.39 is 5.91 Å². The second kappa shape index (κ2) is 9.80. The molecule has 2 N–H and O–H groups in total. The largest absolute Gasteiger partial charge is 0.493 e. The fourth-order valence-electron chi connectivity index (χ4n) is 3.70. The summed E-state index contributed by atoms with van der Waals surface area (Å²) in [6.07, 6.45) is 5.57. The molecular weight excluding hydrogens is 410 g/mol. The van der Waals surface area contributed by atoms with Gasteiger partial charge in [0.2, 0.25) is 0 Å². The van der Waals surface area contributed by atoms with Crippen LogP contribution in [0.15, 0.2) is 48.9 Å². The van der Waals surface area contributed by atoms with Crippen LogP contribution in [0.3, 0.4) is 0 Å². The lowest BCUT2D eigenvalue weighted by Gasteiger charge is -2.32. The van der Waals surface area contributed by atoms with Crippen molar-refractivity contribution in [2.24, 2.45) is 12.8 Å². The number of pyridine rings is 1. The monoisotopic (exact) mass is 437 g/mol. The molecule has 1 saturated heterocycles. The quantitative estimate of drug-likeness (QED) is 0.574. The van der Waals surface area contributed by atoms with Crippen molar-refractivity contribution in [3.05, 3.63) is 60.2 Å². The third-order valence-electron chi connectivity index (χ3n) is 5.31. The topological polar surface area (TPSA) is 105 Å². The van der Waals surface area contributed by atoms with Crippen molar-refractivity contribution in [1.29, 1.82) is 0 Å². The molecule has 9 heteroatoms. The summed E-state index contributed by atoms with van der Waals surface area (Å²) in [5, 5.41) is 4.21. The van der Waals surface area contributed by atoms with Crippen LogP contribution in [-0.2, 0) is 23.1 Å². The number of hydrogen-bond acceptors (Lipinski definition) is 7. The SMILES string of the molecule is COc1cc(CN2CCO[C@H](c3ccc(-c4cnn(C)c4)cn3)C2)ccc1OCC(N)=O. The number of hydrogen-bond donors (Lipinski definition) is 1. The molecule has 1 aliphatic rings. The Bertz CT molecular complexity index is 1070. The van der Waals surface area contributed by atoms with Gasteiger partial charge in [-0.1, -0.05) is 12.1 Å². The molecule has 0 aliphatic carbocycles. The molecule has 32 heavy (non-hydrogen) atoms. The number of carbonyl (C=O) groups excluding carboxylic acids is 1. The average molecular weight is 438 g/mol. The highest BCUT2D eigenvalue weighted by Gasteiger charge is 2.23. The third kappa shape index (κ3) is 5.24. The first-order valence-electron chi connectivity index (χ1n) is 10.4. The van der Waals surface area contributed by atoms with E-state index in [1.807, 2.05) is 43.8 Å². The molecule has 9 nitrogen and oxygen atoms in total. The minimum absolute atomic E-state index is 0.0910. The van der Waals surface area contributed by atoms with Gasteiger partial charge >= 0.3 is 0 Å². The summed E-state index contributed by atoms with van der Waals surface area (Å²) < 4.78 is 18.6. The zero-order valence-electron chi connectivity index (χ0n) is 18.2. The van der Waals surface area contributed by atoms with Crippen LogP contribution >= 0.6 is 0 Å². The molecule has 0 radical (unpaired) electrons. The van der Waals surface area contributed by atoms with Crippen LogP contribution in [0.5, 0.6) is 11.5 Å². The number of aromatic nitrogens is 3. The highest BCUT2D eigenvalue weighted by molar-refractivity contribution is 5.75. The number of benzene rings is 1. The minimum Gasteiger partial charge on any atom is -0.493 e. The Labute approximate surface area is 186 Å². The maximum atomic E-state index is 11.0. The molecule has 0 saturated carbocycles. The van der Waals surface area contributed by atoms with E-state index in [9.17, 15) is 4.79 Å². The van der Waals surface area contributed by atoms with Crippen molar-refractivity contribution in [3.63, 3.8) is 0 Å². The Kier molecular flexibility index (Phi) is 6.67. The zero-order valence-corrected chi connectivity index (χ0v) is 18.2. The number of nitrogens with zero attached hydrogens (tertiary/aromatic N) is 4. The molecule has 0 spiro atoms. The van der Waals surface area contributed by atoms with Crippen molar-refractivity contribution in [2.75, 3.05) is 33.4 Å². The number of morpholine rings is 1. The number of nitrogens with two attached hydrogens (primary N) is 1. The third-order valence-corrected chi connectivity index (χ3v) is 5.31. The molecule has 0 bridgehead atoms. The molecule has 3 heterocycles. The number of carbonyl (C=O) groups is 1. The van der Waals surface area contributed by atoms with Crippen molar-refractivity contribution < 1.29 is 19.0 Å². The summed E-state index contributed by atoms with van der Waals surface area (Å²) in [5.41, 5.74) is 9.21. The molecule has 4 rings (SSSR count). The summed E-state index contributed by atoms with van der Waals surface area (Å²) in [6, 6.07) is 9.75. The van der Waals surface area contributed by atoms with Crippen molar-refractivity contribution in [2.45, 2.75) is 12.6 Å². The van der Waals surface area contributed by atoms with Crippen LogP contribution in [-0.4, -0.2) is 59.0 Å². The van der Waals surface area contributed by atoms with Crippen LogP contribution < -0.4 is 15.2 Å². The van der Waals surface area contributed by atoms with Gasteiger partial charge in [-0.3, -0.25) is 19.4 Å². The molecule has 2 aromatic heterocycles. The summed E-state index contributed by atoms with van der Waals surface area (Å²) in [6.45, 7) is 2.75. The number of amides is 1. The number of methoxy groups -OCH3 is 1. The first kappa shape index (κ1) is 21.8. The molecule has 1 atom stereocenters. The van der Waals surface area contributed by atoms with E-state index in [1.165, 1.54) is 0 Å². The van der Waals surface area contributed by atoms with Gasteiger partial charge in [-0.25, -0.2) is 0 Å². The molecule has 168 valence electrons. The fraction of sp³-hybridized carbons (Fsp3) is 0.348. The van der Waals surface area contributed by atoms with Crippen LogP contribution in [0.1, 0.15) is 17.4 Å². The molecule has 0 unspecified atom stereocenters. The smallest absolute Gasteiger partial charge is 0.255 e. The first-order chi connectivity index (χ1) is 15.5. The van der Waals surface area contributed by atoms with E-state index in [2.05, 4.69) is 21.0 Å². The van der Waals surface area contributed by atoms with E-state index in [0.717, 1.165) is 42.0 Å². The predicted molar refractivity (Wildman–Crippen MR) is 118 cm³/mol. The lowest BCUT2D eigenvalue weighted by atomic mass is 10.1. The van der Waals surface area contributed by atoms with Crippen molar-refractivity contribution in [3.8, 4) is 22.6 Å². The highest BCUT2D eigenvalue weighted by atomic mass is 16.5. The summed E-state index contributed by atoms with van der Waals surface area (Å²) in [5.74, 6) is 0.534. The lowest BCUT2D eigenvalue weighted by molar-refractivity contribution is -0.119. The lowest BCUT2D eigenvalue weighted by Crippen LogP contribution is -2.38. The summed E-state index contributed by atoms with van der Waals surface area (Å²) in [7, 11) is 3.47. The van der Waals surface area contributed by atoms with E-state index in [1.54, 1.807) is 17.9 Å². The van der Waals surface area contributed by atoms with E-state index in [-0.39, 0.29) is 12.7 Å². The molecule has 1 amide bonds. The maximum Gasteiger partial charge on any atom is 0.255 e. The molecular formula is C23H27N5O4. The average Bonchev–Trinajstić information content (AvgIpc) is 3.24. The Morgan fingerprint density at radius 2 is 2.09 bits per heavy atom. The number of aryl methyl sites for hydroxylation is 1. The second-order valence-corrected chi connectivity index (χ2v) is 7.71. The Morgan fingerprint density at radius 1 is 1.22 bits per heavy atom. The van der Waals surface area contributed by atoms with Gasteiger partial charge in [-0.05, 0) is 23.8 Å². The van der Waals surface area contributed by atoms with Crippen LogP contribution in [0, 0.1) is 0 Å². The van der Waals surface area contributed by atoms with Crippen molar-refractivity contribution in [1.82, 2.24) is 19.7 Å². The zero-order chi connectivity index (χ0) is 22.5. The number of ether oxygens (including phenoxy) is 3. The van der Waals surface area contributed by atoms with Crippen LogP contribution in [0.25, 0.3) is 11.1 Å². The highest BCUT2D eigenvalue weighted by Crippen LogP contribution is 2.30. The standard InChI is InChI=1S/C23H27N5O4/c1-27-13-18(11-26-27)17-4-5-19(25-10-17)22-14-28(7-8-31-22)12-16-3-6-20(21(9-16)30-2)32-15-23(24)29/h3-6,9-11,13,22H,7-8,12,14-15H2,1-2H3,(H2,24,29)/t22-/m0/s1. The number of primary amides is 1. The van der Waals surface area contributed by atoms with Gasteiger partial charge in [0.15, 0.2) is 18.1 Å². The normalized spacial score (nSPS) is 16.6. The van der Waals surface area contributed by atoms with Gasteiger partial charge in [-0.2, -0.15) is 5.10 Å². The van der Waals surface area contributed by atoms with Gasteiger partial charge < -0.3 is 19.9 Å². The molecule has 1 aliphatic heterocycles. The van der Waals surface area contributed by atoms with Gasteiger partial charge in [0, 0.05) is 50.2 Å². The van der Waals surface area contributed by atoms with Crippen LogP contribution in [0.2, 0.25) is 0 Å². The molecule has 1 aromatic carbocycles. The fourth-order valence-corrected chi connectivity index (χ4v) is 3.70. The van der Waals surface area contributed by atoms with Crippen molar-refractivity contribution >= 4 is 5.91 Å². The Morgan fingerprint density at radius 3 is 2.78 bits per heavy atom. The first-order valence-corrected chi connectivity index (χ1v) is 10.4. The predicted octanol–water partition coefficient (Wildman–Crippen LogP) is 1.93. The van der Waals surface area contributed by atoms with Gasteiger partial charge in [0.25, 0.3) is 5.91 Å². The Balaban J connectivity index is 1.40. The van der Waals surface area contributed by atoms with E-state index >= 15 is 0 Å². The maximum absolute atomic E-state index is 11.0. The summed E-state index contributed by atoms with van der Waals surface area (Å²) >= 11 is 0. The van der Waals surface area contributed by atoms with Gasteiger partial charge in [0.05, 0.1) is 25.6 Å². The van der Waals surface area contributed by atoms with Crippen LogP contribution in [0.4, 0.5) is 0 Å². The second-order valence-electron chi connectivity index (χ2n) is 7.71. The van der Waals surface area contributed by atoms with Gasteiger partial charge in [0.1, 0.15) is 6.10 Å².